The summed E-state index contributed by atoms with van der Waals surface area (Å²) < 4.78 is 10.4. The zero-order valence-electron chi connectivity index (χ0n) is 10.0. The number of nitrogens with one attached hydrogen (secondary N) is 1. The fraction of sp³-hybridized carbons (Fsp3) is 0.364. The predicted molar refractivity (Wildman–Crippen MR) is 63.6 cm³/mol. The van der Waals surface area contributed by atoms with Crippen LogP contribution < -0.4 is 14.8 Å². The highest BCUT2D eigenvalue weighted by molar-refractivity contribution is 5.48. The highest BCUT2D eigenvalue weighted by Crippen LogP contribution is 2.31. The number of methoxy groups -OCH3 is 1. The van der Waals surface area contributed by atoms with Crippen molar-refractivity contribution in [2.45, 2.75) is 6.04 Å². The minimum Gasteiger partial charge on any atom is -0.493 e. The van der Waals surface area contributed by atoms with E-state index in [2.05, 4.69) is 5.32 Å². The summed E-state index contributed by atoms with van der Waals surface area (Å²) in [4.78, 5) is 10.1. The number of nitro groups is 1. The molecule has 0 saturated carbocycles. The third-order valence-electron chi connectivity index (χ3n) is 2.27. The molecule has 0 amide bonds. The summed E-state index contributed by atoms with van der Waals surface area (Å²) in [6.45, 7) is 0.126. The van der Waals surface area contributed by atoms with Gasteiger partial charge < -0.3 is 14.8 Å². The quantitative estimate of drug-likeness (QED) is 0.600. The Balaban J connectivity index is 2.83. The van der Waals surface area contributed by atoms with Crippen LogP contribution in [-0.4, -0.2) is 31.7 Å². The highest BCUT2D eigenvalue weighted by Gasteiger charge is 2.13. The van der Waals surface area contributed by atoms with Crippen LogP contribution in [0.4, 0.5) is 5.69 Å². The first kappa shape index (κ1) is 13.7. The van der Waals surface area contributed by atoms with Gasteiger partial charge in [0.1, 0.15) is 12.6 Å². The maximum absolute atomic E-state index is 10.6. The van der Waals surface area contributed by atoms with Crippen LogP contribution in [0, 0.1) is 21.4 Å². The van der Waals surface area contributed by atoms with Crippen molar-refractivity contribution >= 4 is 5.69 Å². The lowest BCUT2D eigenvalue weighted by atomic mass is 10.3. The molecule has 7 heteroatoms. The van der Waals surface area contributed by atoms with Crippen molar-refractivity contribution in [1.82, 2.24) is 5.32 Å². The molecule has 1 unspecified atom stereocenters. The Kier molecular flexibility index (Phi) is 4.90. The summed E-state index contributed by atoms with van der Waals surface area (Å²) in [5.74, 6) is 0.621. The average Bonchev–Trinajstić information content (AvgIpc) is 2.39. The van der Waals surface area contributed by atoms with Crippen molar-refractivity contribution in [3.05, 3.63) is 28.3 Å². The summed E-state index contributed by atoms with van der Waals surface area (Å²) in [6.07, 6.45) is 0. The van der Waals surface area contributed by atoms with E-state index in [0.717, 1.165) is 0 Å². The van der Waals surface area contributed by atoms with E-state index in [0.29, 0.717) is 5.75 Å². The zero-order chi connectivity index (χ0) is 13.5. The minimum absolute atomic E-state index is 0.0790. The Hall–Kier alpha value is -2.33. The van der Waals surface area contributed by atoms with Crippen molar-refractivity contribution < 1.29 is 14.4 Å². The third kappa shape index (κ3) is 3.33. The van der Waals surface area contributed by atoms with Crippen LogP contribution in [0.2, 0.25) is 0 Å². The molecular formula is C11H13N3O4. The van der Waals surface area contributed by atoms with Crippen LogP contribution in [0.1, 0.15) is 0 Å². The summed E-state index contributed by atoms with van der Waals surface area (Å²) in [5, 5.41) is 22.1. The van der Waals surface area contributed by atoms with Crippen molar-refractivity contribution in [3.63, 3.8) is 0 Å². The molecular weight excluding hydrogens is 238 g/mol. The van der Waals surface area contributed by atoms with Gasteiger partial charge in [-0.15, -0.1) is 0 Å². The van der Waals surface area contributed by atoms with E-state index < -0.39 is 11.0 Å². The third-order valence-corrected chi connectivity index (χ3v) is 2.27. The van der Waals surface area contributed by atoms with Gasteiger partial charge >= 0.3 is 0 Å². The molecule has 0 radical (unpaired) electrons. The van der Waals surface area contributed by atoms with Gasteiger partial charge in [0.2, 0.25) is 0 Å². The van der Waals surface area contributed by atoms with Crippen LogP contribution in [0.25, 0.3) is 0 Å². The van der Waals surface area contributed by atoms with Crippen molar-refractivity contribution in [2.75, 3.05) is 20.8 Å². The first-order valence-corrected chi connectivity index (χ1v) is 5.14. The second-order valence-corrected chi connectivity index (χ2v) is 3.37. The lowest BCUT2D eigenvalue weighted by Crippen LogP contribution is -2.29. The lowest BCUT2D eigenvalue weighted by molar-refractivity contribution is -0.384. The summed E-state index contributed by atoms with van der Waals surface area (Å²) in [7, 11) is 3.04. The predicted octanol–water partition coefficient (Wildman–Crippen LogP) is 1.09. The molecule has 0 aromatic heterocycles. The zero-order valence-corrected chi connectivity index (χ0v) is 10.0. The highest BCUT2D eigenvalue weighted by atomic mass is 16.6. The SMILES string of the molecule is CNC(C#N)COc1ccc([N+](=O)[O-])cc1OC. The van der Waals surface area contributed by atoms with Crippen LogP contribution >= 0.6 is 0 Å². The van der Waals surface area contributed by atoms with Crippen molar-refractivity contribution in [2.24, 2.45) is 0 Å². The Morgan fingerprint density at radius 2 is 2.28 bits per heavy atom. The number of hydrogen-bond donors (Lipinski definition) is 1. The molecule has 96 valence electrons. The minimum atomic E-state index is -0.516. The van der Waals surface area contributed by atoms with E-state index in [-0.39, 0.29) is 18.0 Å². The Morgan fingerprint density at radius 3 is 2.78 bits per heavy atom. The fourth-order valence-corrected chi connectivity index (χ4v) is 1.25. The van der Waals surface area contributed by atoms with E-state index in [9.17, 15) is 10.1 Å². The molecule has 1 atom stereocenters. The molecule has 0 fully saturated rings. The van der Waals surface area contributed by atoms with Crippen molar-refractivity contribution in [1.29, 1.82) is 5.26 Å². The fourth-order valence-electron chi connectivity index (χ4n) is 1.25. The van der Waals surface area contributed by atoms with Gasteiger partial charge in [-0.05, 0) is 13.1 Å². The van der Waals surface area contributed by atoms with Crippen LogP contribution in [0.15, 0.2) is 18.2 Å². The molecule has 1 rings (SSSR count). The molecule has 18 heavy (non-hydrogen) atoms. The Labute approximate surface area is 104 Å². The number of non-ortho nitro benzene ring substituents is 1. The largest absolute Gasteiger partial charge is 0.493 e. The van der Waals surface area contributed by atoms with Crippen LogP contribution in [0.3, 0.4) is 0 Å². The number of nitriles is 1. The first-order valence-electron chi connectivity index (χ1n) is 5.14. The number of likely N-dealkylation sites (N-methyl/N-ethyl adjacent to an activating group) is 1. The Morgan fingerprint density at radius 1 is 1.56 bits per heavy atom. The second-order valence-electron chi connectivity index (χ2n) is 3.37. The number of rotatable bonds is 6. The smallest absolute Gasteiger partial charge is 0.273 e. The Bertz CT molecular complexity index is 470. The van der Waals surface area contributed by atoms with Gasteiger partial charge in [-0.1, -0.05) is 0 Å². The van der Waals surface area contributed by atoms with Gasteiger partial charge in [-0.25, -0.2) is 0 Å². The summed E-state index contributed by atoms with van der Waals surface area (Å²) in [5.41, 5.74) is -0.0790. The van der Waals surface area contributed by atoms with E-state index in [1.54, 1.807) is 7.05 Å². The number of nitrogens with zero attached hydrogens (tertiary/aromatic N) is 2. The number of benzene rings is 1. The number of hydrogen-bond acceptors (Lipinski definition) is 6. The van der Waals surface area contributed by atoms with E-state index in [1.165, 1.54) is 25.3 Å². The van der Waals surface area contributed by atoms with E-state index in [4.69, 9.17) is 14.7 Å². The standard InChI is InChI=1S/C11H13N3O4/c1-13-8(6-12)7-18-10-4-3-9(14(15)16)5-11(10)17-2/h3-5,8,13H,7H2,1-2H3. The van der Waals surface area contributed by atoms with E-state index in [1.807, 2.05) is 6.07 Å². The molecule has 7 nitrogen and oxygen atoms in total. The topological polar surface area (TPSA) is 97.4 Å². The number of ether oxygens (including phenoxy) is 2. The van der Waals surface area contributed by atoms with Gasteiger partial charge in [0.05, 0.1) is 24.2 Å². The first-order chi connectivity index (χ1) is 8.62. The molecule has 0 bridgehead atoms. The molecule has 0 aliphatic carbocycles. The van der Waals surface area contributed by atoms with Crippen LogP contribution in [-0.2, 0) is 0 Å². The van der Waals surface area contributed by atoms with Gasteiger partial charge in [0.25, 0.3) is 5.69 Å². The van der Waals surface area contributed by atoms with Crippen LogP contribution in [0.5, 0.6) is 11.5 Å². The maximum Gasteiger partial charge on any atom is 0.273 e. The lowest BCUT2D eigenvalue weighted by Gasteiger charge is -2.12. The maximum atomic E-state index is 10.6. The van der Waals surface area contributed by atoms with Gasteiger partial charge in [-0.3, -0.25) is 10.1 Å². The molecule has 1 aromatic carbocycles. The molecule has 0 spiro atoms. The second kappa shape index (κ2) is 6.42. The average molecular weight is 251 g/mol. The van der Waals surface area contributed by atoms with Gasteiger partial charge in [0, 0.05) is 6.07 Å². The van der Waals surface area contributed by atoms with Gasteiger partial charge in [-0.2, -0.15) is 5.26 Å². The van der Waals surface area contributed by atoms with Crippen molar-refractivity contribution in [3.8, 4) is 17.6 Å². The number of nitro benzene ring substituents is 1. The molecule has 1 N–H and O–H groups in total. The summed E-state index contributed by atoms with van der Waals surface area (Å²) >= 11 is 0. The van der Waals surface area contributed by atoms with Gasteiger partial charge in [0.15, 0.2) is 11.5 Å². The normalized spacial score (nSPS) is 11.4. The molecule has 0 aliphatic heterocycles. The summed E-state index contributed by atoms with van der Waals surface area (Å²) in [6, 6.07) is 5.59. The van der Waals surface area contributed by atoms with E-state index >= 15 is 0 Å². The molecule has 1 aromatic rings. The monoisotopic (exact) mass is 251 g/mol. The molecule has 0 heterocycles. The molecule has 0 saturated heterocycles. The molecule has 0 aliphatic rings.